The third-order valence-electron chi connectivity index (χ3n) is 2.89. The number of ether oxygens (including phenoxy) is 1. The van der Waals surface area contributed by atoms with E-state index in [9.17, 15) is 25.8 Å². The number of benzene rings is 2. The zero-order valence-corrected chi connectivity index (χ0v) is 13.8. The molecule has 10 heteroatoms. The molecule has 1 atom stereocenters. The molecule has 0 amide bonds. The van der Waals surface area contributed by atoms with Crippen molar-refractivity contribution in [3.8, 4) is 5.75 Å². The first kappa shape index (κ1) is 18.3. The van der Waals surface area contributed by atoms with Crippen molar-refractivity contribution in [1.29, 1.82) is 0 Å². The van der Waals surface area contributed by atoms with E-state index in [1.165, 1.54) is 25.3 Å². The third-order valence-corrected chi connectivity index (χ3v) is 5.43. The highest BCUT2D eigenvalue weighted by Crippen LogP contribution is 2.28. The maximum absolute atomic E-state index is 12.4. The number of alkyl halides is 3. The van der Waals surface area contributed by atoms with E-state index < -0.39 is 31.2 Å². The van der Waals surface area contributed by atoms with E-state index in [2.05, 4.69) is 4.72 Å². The third kappa shape index (κ3) is 4.06. The molecule has 2 aromatic carbocycles. The molecule has 0 spiro atoms. The number of hydrogen-bond donors (Lipinski definition) is 1. The van der Waals surface area contributed by atoms with E-state index in [1.54, 1.807) is 6.07 Å². The Morgan fingerprint density at radius 3 is 2.17 bits per heavy atom. The number of nitrogens with one attached hydrogen (secondary N) is 1. The first-order valence-electron chi connectivity index (χ1n) is 6.39. The van der Waals surface area contributed by atoms with E-state index in [0.29, 0.717) is 0 Å². The van der Waals surface area contributed by atoms with Gasteiger partial charge in [-0.1, -0.05) is 12.1 Å². The first-order chi connectivity index (χ1) is 11.1. The van der Waals surface area contributed by atoms with Crippen LogP contribution in [0.5, 0.6) is 5.75 Å². The van der Waals surface area contributed by atoms with Crippen LogP contribution in [0.1, 0.15) is 0 Å². The van der Waals surface area contributed by atoms with Gasteiger partial charge in [0.1, 0.15) is 10.6 Å². The standard InChI is InChI=1S/C14H12F3NO4S2/c1-22-12-4-2-3-5-13(12)24(20,21)18-10-6-8-11(9-7-10)23(19)14(15,16)17/h2-9,18H,1H3. The summed E-state index contributed by atoms with van der Waals surface area (Å²) in [5.74, 6) is 0.125. The first-order valence-corrected chi connectivity index (χ1v) is 9.03. The largest absolute Gasteiger partial charge is 0.495 e. The topological polar surface area (TPSA) is 72.5 Å². The summed E-state index contributed by atoms with van der Waals surface area (Å²) in [5.41, 5.74) is -4.85. The lowest BCUT2D eigenvalue weighted by Crippen LogP contribution is -2.16. The Hall–Kier alpha value is -2.07. The predicted molar refractivity (Wildman–Crippen MR) is 82.7 cm³/mol. The van der Waals surface area contributed by atoms with Gasteiger partial charge in [-0.3, -0.25) is 4.72 Å². The van der Waals surface area contributed by atoms with Crippen LogP contribution in [0, 0.1) is 0 Å². The van der Waals surface area contributed by atoms with Gasteiger partial charge < -0.3 is 4.74 Å². The fourth-order valence-electron chi connectivity index (χ4n) is 1.83. The molecule has 0 fully saturated rings. The summed E-state index contributed by atoms with van der Waals surface area (Å²) in [6.45, 7) is 0. The molecular weight excluding hydrogens is 367 g/mol. The summed E-state index contributed by atoms with van der Waals surface area (Å²) < 4.78 is 80.2. The van der Waals surface area contributed by atoms with Gasteiger partial charge in [0.2, 0.25) is 0 Å². The molecule has 0 saturated heterocycles. The highest BCUT2D eigenvalue weighted by atomic mass is 32.2. The van der Waals surface area contributed by atoms with Crippen LogP contribution in [-0.4, -0.2) is 25.2 Å². The molecule has 2 rings (SSSR count). The molecule has 24 heavy (non-hydrogen) atoms. The van der Waals surface area contributed by atoms with Gasteiger partial charge >= 0.3 is 5.51 Å². The Labute approximate surface area is 139 Å². The molecular formula is C14H12F3NO4S2. The van der Waals surface area contributed by atoms with Crippen molar-refractivity contribution in [2.24, 2.45) is 0 Å². The molecule has 0 aromatic heterocycles. The van der Waals surface area contributed by atoms with Crippen LogP contribution in [0.2, 0.25) is 0 Å². The van der Waals surface area contributed by atoms with Crippen molar-refractivity contribution in [2.75, 3.05) is 11.8 Å². The maximum Gasteiger partial charge on any atom is 0.475 e. The molecule has 1 N–H and O–H groups in total. The number of methoxy groups -OCH3 is 1. The highest BCUT2D eigenvalue weighted by molar-refractivity contribution is 7.92. The van der Waals surface area contributed by atoms with Crippen molar-refractivity contribution in [1.82, 2.24) is 0 Å². The van der Waals surface area contributed by atoms with Crippen LogP contribution in [0.25, 0.3) is 0 Å². The predicted octanol–water partition coefficient (Wildman–Crippen LogP) is 3.12. The lowest BCUT2D eigenvalue weighted by Gasteiger charge is -2.12. The second-order valence-corrected chi connectivity index (χ2v) is 7.62. The molecule has 0 bridgehead atoms. The molecule has 0 aliphatic heterocycles. The Morgan fingerprint density at radius 1 is 1.04 bits per heavy atom. The van der Waals surface area contributed by atoms with Gasteiger partial charge in [-0.05, 0) is 36.4 Å². The van der Waals surface area contributed by atoms with E-state index in [-0.39, 0.29) is 16.3 Å². The van der Waals surface area contributed by atoms with Crippen LogP contribution in [0.15, 0.2) is 58.3 Å². The Kier molecular flexibility index (Phi) is 5.19. The minimum atomic E-state index is -4.88. The van der Waals surface area contributed by atoms with Gasteiger partial charge in [-0.15, -0.1) is 0 Å². The van der Waals surface area contributed by atoms with E-state index in [0.717, 1.165) is 24.3 Å². The lowest BCUT2D eigenvalue weighted by atomic mass is 10.3. The Morgan fingerprint density at radius 2 is 1.62 bits per heavy atom. The minimum absolute atomic E-state index is 0.0313. The summed E-state index contributed by atoms with van der Waals surface area (Å²) >= 11 is 0. The maximum atomic E-state index is 12.4. The van der Waals surface area contributed by atoms with Gasteiger partial charge in [0, 0.05) is 10.6 Å². The van der Waals surface area contributed by atoms with E-state index in [4.69, 9.17) is 4.74 Å². The molecule has 0 heterocycles. The average Bonchev–Trinajstić information content (AvgIpc) is 2.53. The fraction of sp³-hybridized carbons (Fsp3) is 0.143. The second kappa shape index (κ2) is 6.81. The van der Waals surface area contributed by atoms with Gasteiger partial charge in [0.05, 0.1) is 7.11 Å². The summed E-state index contributed by atoms with van der Waals surface area (Å²) in [7, 11) is -5.85. The van der Waals surface area contributed by atoms with Crippen LogP contribution in [0.3, 0.4) is 0 Å². The molecule has 0 aliphatic rings. The van der Waals surface area contributed by atoms with E-state index in [1.807, 2.05) is 0 Å². The van der Waals surface area contributed by atoms with Crippen LogP contribution in [0.4, 0.5) is 18.9 Å². The number of rotatable bonds is 5. The zero-order valence-electron chi connectivity index (χ0n) is 12.2. The van der Waals surface area contributed by atoms with Gasteiger partial charge in [0.15, 0.2) is 10.8 Å². The summed E-state index contributed by atoms with van der Waals surface area (Å²) in [6.07, 6.45) is 0. The van der Waals surface area contributed by atoms with Gasteiger partial charge in [0.25, 0.3) is 10.0 Å². The number of para-hydroxylation sites is 1. The Balaban J connectivity index is 2.26. The average molecular weight is 379 g/mol. The fourth-order valence-corrected chi connectivity index (χ4v) is 3.71. The summed E-state index contributed by atoms with van der Waals surface area (Å²) in [4.78, 5) is -0.585. The number of halogens is 3. The SMILES string of the molecule is COc1ccccc1S(=O)(=O)Nc1ccc(S(=O)C(F)(F)F)cc1. The van der Waals surface area contributed by atoms with Gasteiger partial charge in [-0.2, -0.15) is 13.2 Å². The molecule has 1 unspecified atom stereocenters. The summed E-state index contributed by atoms with van der Waals surface area (Å²) in [5, 5.41) is 0. The lowest BCUT2D eigenvalue weighted by molar-refractivity contribution is -0.0384. The number of hydrogen-bond acceptors (Lipinski definition) is 4. The molecule has 0 saturated carbocycles. The van der Waals surface area contributed by atoms with Crippen LogP contribution >= 0.6 is 0 Å². The van der Waals surface area contributed by atoms with Crippen molar-refractivity contribution < 1.29 is 30.5 Å². The monoisotopic (exact) mass is 379 g/mol. The van der Waals surface area contributed by atoms with Crippen LogP contribution in [-0.2, 0) is 20.8 Å². The molecule has 5 nitrogen and oxygen atoms in total. The summed E-state index contributed by atoms with van der Waals surface area (Å²) in [6, 6.07) is 10.00. The molecule has 130 valence electrons. The normalized spacial score (nSPS) is 13.3. The number of anilines is 1. The molecule has 2 aromatic rings. The van der Waals surface area contributed by atoms with Crippen LogP contribution < -0.4 is 9.46 Å². The number of sulfonamides is 1. The smallest absolute Gasteiger partial charge is 0.475 e. The van der Waals surface area contributed by atoms with E-state index >= 15 is 0 Å². The Bertz CT molecular complexity index is 849. The van der Waals surface area contributed by atoms with Crippen molar-refractivity contribution in [3.63, 3.8) is 0 Å². The molecule has 0 radical (unpaired) electrons. The minimum Gasteiger partial charge on any atom is -0.495 e. The highest BCUT2D eigenvalue weighted by Gasteiger charge is 2.37. The second-order valence-electron chi connectivity index (χ2n) is 4.50. The zero-order chi connectivity index (χ0) is 18.0. The van der Waals surface area contributed by atoms with Crippen molar-refractivity contribution in [3.05, 3.63) is 48.5 Å². The molecule has 0 aliphatic carbocycles. The quantitative estimate of drug-likeness (QED) is 0.866. The van der Waals surface area contributed by atoms with Crippen molar-refractivity contribution >= 4 is 26.5 Å². The van der Waals surface area contributed by atoms with Gasteiger partial charge in [-0.25, -0.2) is 12.6 Å². The van der Waals surface area contributed by atoms with Crippen molar-refractivity contribution in [2.45, 2.75) is 15.3 Å².